The van der Waals surface area contributed by atoms with Crippen LogP contribution in [0.3, 0.4) is 0 Å². The molecule has 33 heavy (non-hydrogen) atoms. The molecular formula is C25H18ClFN4OS. The molecule has 8 heteroatoms. The van der Waals surface area contributed by atoms with Crippen LogP contribution in [-0.4, -0.2) is 21.0 Å². The van der Waals surface area contributed by atoms with Crippen LogP contribution in [0.5, 0.6) is 5.75 Å². The van der Waals surface area contributed by atoms with E-state index >= 15 is 4.39 Å². The number of thioether (sulfide) groups is 1. The van der Waals surface area contributed by atoms with Gasteiger partial charge in [0.05, 0.1) is 5.70 Å². The number of benzene rings is 3. The van der Waals surface area contributed by atoms with Crippen molar-refractivity contribution in [2.45, 2.75) is 17.0 Å². The fraction of sp³-hybridized carbons (Fsp3) is 0.120. The zero-order valence-electron chi connectivity index (χ0n) is 17.5. The number of fused-ring (bicyclic) bond motifs is 3. The van der Waals surface area contributed by atoms with Crippen molar-refractivity contribution >= 4 is 35.0 Å². The third kappa shape index (κ3) is 3.31. The molecule has 3 aromatic carbocycles. The molecule has 0 amide bonds. The normalized spacial score (nSPS) is 18.6. The van der Waals surface area contributed by atoms with Crippen molar-refractivity contribution in [2.24, 2.45) is 0 Å². The molecule has 5 nitrogen and oxygen atoms in total. The maximum absolute atomic E-state index is 15.2. The number of nitrogens with zero attached hydrogens (tertiary/aromatic N) is 3. The number of ether oxygens (including phenoxy) is 1. The van der Waals surface area contributed by atoms with Crippen LogP contribution in [0.4, 0.5) is 10.3 Å². The van der Waals surface area contributed by atoms with E-state index in [2.05, 4.69) is 39.7 Å². The lowest BCUT2D eigenvalue weighted by Gasteiger charge is -2.39. The van der Waals surface area contributed by atoms with Crippen LogP contribution in [0.2, 0.25) is 5.02 Å². The number of hydrogen-bond donors (Lipinski definition) is 1. The van der Waals surface area contributed by atoms with Gasteiger partial charge in [0.15, 0.2) is 0 Å². The summed E-state index contributed by atoms with van der Waals surface area (Å²) in [4.78, 5) is 5.53. The van der Waals surface area contributed by atoms with Crippen molar-refractivity contribution in [2.75, 3.05) is 11.6 Å². The molecule has 0 unspecified atom stereocenters. The average molecular weight is 477 g/mol. The van der Waals surface area contributed by atoms with Crippen molar-refractivity contribution in [3.8, 4) is 5.75 Å². The van der Waals surface area contributed by atoms with E-state index in [0.717, 1.165) is 27.3 Å². The number of nitrogens with one attached hydrogen (secondary N) is 1. The van der Waals surface area contributed by atoms with E-state index in [1.165, 1.54) is 12.4 Å². The van der Waals surface area contributed by atoms with Crippen LogP contribution < -0.4 is 10.1 Å². The smallest absolute Gasteiger partial charge is 0.226 e. The van der Waals surface area contributed by atoms with Gasteiger partial charge in [0.25, 0.3) is 0 Å². The predicted octanol–water partition coefficient (Wildman–Crippen LogP) is 6.35. The first-order chi connectivity index (χ1) is 16.1. The van der Waals surface area contributed by atoms with Gasteiger partial charge in [-0.25, -0.2) is 9.07 Å². The van der Waals surface area contributed by atoms with Crippen molar-refractivity contribution < 1.29 is 9.13 Å². The maximum Gasteiger partial charge on any atom is 0.226 e. The highest BCUT2D eigenvalue weighted by molar-refractivity contribution is 7.98. The Hall–Kier alpha value is -3.29. The minimum atomic E-state index is -0.544. The first kappa shape index (κ1) is 20.3. The van der Waals surface area contributed by atoms with Crippen molar-refractivity contribution in [3.63, 3.8) is 0 Å². The van der Waals surface area contributed by atoms with Gasteiger partial charge in [0, 0.05) is 26.6 Å². The van der Waals surface area contributed by atoms with E-state index in [9.17, 15) is 0 Å². The Bertz CT molecular complexity index is 1400. The highest BCUT2D eigenvalue weighted by atomic mass is 35.5. The van der Waals surface area contributed by atoms with Gasteiger partial charge in [-0.05, 0) is 48.2 Å². The summed E-state index contributed by atoms with van der Waals surface area (Å²) < 4.78 is 23.4. The number of aromatic nitrogens is 3. The largest absolute Gasteiger partial charge is 0.480 e. The number of hydrogen-bond acceptors (Lipinski definition) is 5. The van der Waals surface area contributed by atoms with Gasteiger partial charge in [0.2, 0.25) is 5.95 Å². The Morgan fingerprint density at radius 3 is 2.70 bits per heavy atom. The quantitative estimate of drug-likeness (QED) is 0.349. The molecule has 0 saturated carbocycles. The van der Waals surface area contributed by atoms with Crippen molar-refractivity contribution in [3.05, 3.63) is 106 Å². The Morgan fingerprint density at radius 2 is 1.91 bits per heavy atom. The lowest BCUT2D eigenvalue weighted by molar-refractivity contribution is 0.222. The molecule has 0 bridgehead atoms. The molecule has 2 atom stereocenters. The molecule has 0 aliphatic carbocycles. The lowest BCUT2D eigenvalue weighted by atomic mass is 9.84. The summed E-state index contributed by atoms with van der Waals surface area (Å²) in [5.74, 6) is 0.919. The minimum absolute atomic E-state index is 0.314. The Kier molecular flexibility index (Phi) is 4.89. The molecule has 4 aromatic rings. The molecular weight excluding hydrogens is 459 g/mol. The van der Waals surface area contributed by atoms with Gasteiger partial charge in [-0.3, -0.25) is 0 Å². The summed E-state index contributed by atoms with van der Waals surface area (Å²) in [7, 11) is 0. The van der Waals surface area contributed by atoms with Crippen LogP contribution >= 0.6 is 23.4 Å². The Morgan fingerprint density at radius 1 is 1.09 bits per heavy atom. The molecule has 164 valence electrons. The molecule has 6 rings (SSSR count). The third-order valence-electron chi connectivity index (χ3n) is 5.99. The summed E-state index contributed by atoms with van der Waals surface area (Å²) in [5, 5.41) is 8.43. The Balaban J connectivity index is 1.63. The molecule has 3 heterocycles. The molecule has 0 radical (unpaired) electrons. The zero-order chi connectivity index (χ0) is 22.5. The van der Waals surface area contributed by atoms with Gasteiger partial charge in [-0.1, -0.05) is 41.9 Å². The summed E-state index contributed by atoms with van der Waals surface area (Å²) in [5.41, 5.74) is 3.94. The maximum atomic E-state index is 15.2. The molecule has 0 spiro atoms. The summed E-state index contributed by atoms with van der Waals surface area (Å²) in [6, 6.07) is 20.0. The molecule has 1 N–H and O–H groups in total. The first-order valence-electron chi connectivity index (χ1n) is 10.4. The monoisotopic (exact) mass is 476 g/mol. The van der Waals surface area contributed by atoms with Gasteiger partial charge >= 0.3 is 0 Å². The van der Waals surface area contributed by atoms with Gasteiger partial charge in [0.1, 0.15) is 30.0 Å². The van der Waals surface area contributed by atoms with Crippen LogP contribution in [0.25, 0.3) is 5.70 Å². The summed E-state index contributed by atoms with van der Waals surface area (Å²) >= 11 is 8.03. The van der Waals surface area contributed by atoms with E-state index in [-0.39, 0.29) is 5.82 Å². The first-order valence-corrected chi connectivity index (χ1v) is 12.0. The molecule has 0 fully saturated rings. The Labute approximate surface area is 199 Å². The second-order valence-electron chi connectivity index (χ2n) is 7.82. The van der Waals surface area contributed by atoms with E-state index in [1.54, 1.807) is 34.6 Å². The highest BCUT2D eigenvalue weighted by Crippen LogP contribution is 2.51. The van der Waals surface area contributed by atoms with Crippen molar-refractivity contribution in [1.29, 1.82) is 0 Å². The van der Waals surface area contributed by atoms with E-state index < -0.39 is 12.1 Å². The second kappa shape index (κ2) is 7.93. The van der Waals surface area contributed by atoms with Crippen LogP contribution in [0, 0.1) is 5.82 Å². The van der Waals surface area contributed by atoms with E-state index in [0.29, 0.717) is 22.3 Å². The van der Waals surface area contributed by atoms with Crippen LogP contribution in [-0.2, 0) is 0 Å². The molecule has 0 saturated heterocycles. The number of anilines is 1. The van der Waals surface area contributed by atoms with Crippen LogP contribution in [0.15, 0.2) is 83.5 Å². The topological polar surface area (TPSA) is 52.0 Å². The second-order valence-corrected chi connectivity index (χ2v) is 9.14. The molecule has 2 aliphatic rings. The highest BCUT2D eigenvalue weighted by Gasteiger charge is 2.41. The third-order valence-corrected chi connectivity index (χ3v) is 6.97. The van der Waals surface area contributed by atoms with Gasteiger partial charge < -0.3 is 10.1 Å². The SMILES string of the molecule is CSc1ccc([C@H]2Oc3ccc(Cl)cc3C3=C2[C@@H](c2ccccc2F)n2ncnc2N3)cc1. The van der Waals surface area contributed by atoms with Gasteiger partial charge in [-0.15, -0.1) is 11.8 Å². The van der Waals surface area contributed by atoms with Crippen LogP contribution in [0.1, 0.15) is 28.8 Å². The summed E-state index contributed by atoms with van der Waals surface area (Å²) in [6.07, 6.45) is 3.05. The zero-order valence-corrected chi connectivity index (χ0v) is 19.1. The predicted molar refractivity (Wildman–Crippen MR) is 128 cm³/mol. The average Bonchev–Trinajstić information content (AvgIpc) is 3.31. The standard InChI is InChI=1S/C25H18ClFN4OS/c1-33-16-9-6-14(7-10-16)24-21-22(18-12-15(26)8-11-20(18)32-24)30-25-28-13-29-31(25)23(21)17-4-2-3-5-19(17)27/h2-13,23-24H,1H3,(H,28,29,30)/t23-,24-/m1/s1. The lowest BCUT2D eigenvalue weighted by Crippen LogP contribution is -2.32. The fourth-order valence-corrected chi connectivity index (χ4v) is 5.07. The molecule has 2 aliphatic heterocycles. The van der Waals surface area contributed by atoms with E-state index in [1.807, 2.05) is 24.5 Å². The molecule has 1 aromatic heterocycles. The number of halogens is 2. The summed E-state index contributed by atoms with van der Waals surface area (Å²) in [6.45, 7) is 0. The minimum Gasteiger partial charge on any atom is -0.480 e. The van der Waals surface area contributed by atoms with Gasteiger partial charge in [-0.2, -0.15) is 10.1 Å². The fourth-order valence-electron chi connectivity index (χ4n) is 4.49. The van der Waals surface area contributed by atoms with E-state index in [4.69, 9.17) is 16.3 Å². The number of rotatable bonds is 3. The van der Waals surface area contributed by atoms with Crippen molar-refractivity contribution in [1.82, 2.24) is 14.8 Å².